The van der Waals surface area contributed by atoms with Crippen LogP contribution in [0.25, 0.3) is 21.6 Å². The van der Waals surface area contributed by atoms with Crippen molar-refractivity contribution < 1.29 is 27.6 Å². The molecule has 0 unspecified atom stereocenters. The highest BCUT2D eigenvalue weighted by atomic mass is 32.1. The average Bonchev–Trinajstić information content (AvgIpc) is 3.44. The number of pyridine rings is 1. The molecule has 2 amide bonds. The van der Waals surface area contributed by atoms with Crippen molar-refractivity contribution in [1.29, 1.82) is 0 Å². The lowest BCUT2D eigenvalue weighted by Gasteiger charge is -2.34. The standard InChI is InChI=1S/C23H20F2N6O4S/c1-12-28-19(31-35-12)13-3-2-4-14(9-13)20(33)26-8-6-17(32)30-22-29-16-5-7-27-21(18(16)36-22)34-15-10-23(24,25)11-15/h2-5,7,9,15H,6,8,10-11H2,1H3,(H,26,33)(H,29,30,32). The number of anilines is 1. The van der Waals surface area contributed by atoms with Gasteiger partial charge in [0.25, 0.3) is 11.8 Å². The van der Waals surface area contributed by atoms with Crippen LogP contribution >= 0.6 is 11.3 Å². The fourth-order valence-corrected chi connectivity index (χ4v) is 4.52. The Morgan fingerprint density at radius 2 is 2.08 bits per heavy atom. The number of aromatic nitrogens is 4. The zero-order chi connectivity index (χ0) is 25.3. The van der Waals surface area contributed by atoms with E-state index < -0.39 is 12.0 Å². The number of nitrogens with zero attached hydrogens (tertiary/aromatic N) is 4. The zero-order valence-corrected chi connectivity index (χ0v) is 19.8. The Balaban J connectivity index is 1.14. The van der Waals surface area contributed by atoms with Crippen LogP contribution in [0.15, 0.2) is 41.1 Å². The number of carbonyl (C=O) groups excluding carboxylic acids is 2. The number of ether oxygens (including phenoxy) is 1. The van der Waals surface area contributed by atoms with Gasteiger partial charge in [-0.3, -0.25) is 9.59 Å². The number of alkyl halides is 2. The van der Waals surface area contributed by atoms with Gasteiger partial charge in [-0.2, -0.15) is 4.98 Å². The van der Waals surface area contributed by atoms with Crippen LogP contribution in [-0.4, -0.2) is 50.5 Å². The predicted octanol–water partition coefficient (Wildman–Crippen LogP) is 3.98. The highest BCUT2D eigenvalue weighted by Crippen LogP contribution is 2.41. The first kappa shape index (κ1) is 23.7. The minimum absolute atomic E-state index is 0.0180. The maximum atomic E-state index is 13.1. The van der Waals surface area contributed by atoms with E-state index in [1.54, 1.807) is 37.3 Å². The first-order valence-corrected chi connectivity index (χ1v) is 11.9. The molecule has 3 heterocycles. The van der Waals surface area contributed by atoms with Crippen molar-refractivity contribution >= 4 is 38.5 Å². The summed E-state index contributed by atoms with van der Waals surface area (Å²) in [6, 6.07) is 8.40. The summed E-state index contributed by atoms with van der Waals surface area (Å²) in [5.41, 5.74) is 1.57. The fraction of sp³-hybridized carbons (Fsp3) is 0.304. The SMILES string of the molecule is Cc1nc(-c2cccc(C(=O)NCCC(=O)Nc3nc4ccnc(OC5CC(F)(F)C5)c4s3)c2)no1. The van der Waals surface area contributed by atoms with Gasteiger partial charge in [0.1, 0.15) is 10.8 Å². The molecule has 1 aliphatic rings. The summed E-state index contributed by atoms with van der Waals surface area (Å²) >= 11 is 1.14. The van der Waals surface area contributed by atoms with Crippen molar-refractivity contribution in [1.82, 2.24) is 25.4 Å². The van der Waals surface area contributed by atoms with Gasteiger partial charge in [-0.15, -0.1) is 0 Å². The number of aryl methyl sites for hydroxylation is 1. The van der Waals surface area contributed by atoms with Crippen molar-refractivity contribution in [2.45, 2.75) is 38.2 Å². The van der Waals surface area contributed by atoms with E-state index in [-0.39, 0.29) is 43.5 Å². The van der Waals surface area contributed by atoms with Gasteiger partial charge in [-0.1, -0.05) is 28.6 Å². The third-order valence-electron chi connectivity index (χ3n) is 5.40. The van der Waals surface area contributed by atoms with E-state index in [1.807, 2.05) is 0 Å². The van der Waals surface area contributed by atoms with Gasteiger partial charge in [-0.05, 0) is 18.2 Å². The maximum absolute atomic E-state index is 13.1. The Bertz CT molecular complexity index is 1430. The number of hydrogen-bond donors (Lipinski definition) is 2. The molecular formula is C23H20F2N6O4S. The monoisotopic (exact) mass is 514 g/mol. The molecule has 0 radical (unpaired) electrons. The van der Waals surface area contributed by atoms with Crippen LogP contribution in [0.3, 0.4) is 0 Å². The second-order valence-corrected chi connectivity index (χ2v) is 9.26. The molecule has 1 aliphatic carbocycles. The molecule has 3 aromatic heterocycles. The second kappa shape index (κ2) is 9.57. The van der Waals surface area contributed by atoms with Gasteiger partial charge in [0.05, 0.1) is 5.52 Å². The van der Waals surface area contributed by atoms with E-state index in [0.717, 1.165) is 11.3 Å². The van der Waals surface area contributed by atoms with Crippen LogP contribution in [0, 0.1) is 6.92 Å². The molecule has 2 N–H and O–H groups in total. The lowest BCUT2D eigenvalue weighted by Crippen LogP contribution is -2.43. The van der Waals surface area contributed by atoms with Crippen molar-refractivity contribution in [2.24, 2.45) is 0 Å². The van der Waals surface area contributed by atoms with Gasteiger partial charge in [0.15, 0.2) is 5.13 Å². The summed E-state index contributed by atoms with van der Waals surface area (Å²) < 4.78 is 37.3. The van der Waals surface area contributed by atoms with Crippen molar-refractivity contribution in [3.8, 4) is 17.3 Å². The number of nitrogens with one attached hydrogen (secondary N) is 2. The second-order valence-electron chi connectivity index (χ2n) is 8.26. The number of rotatable bonds is 8. The Kier molecular flexibility index (Phi) is 6.31. The maximum Gasteiger partial charge on any atom is 0.255 e. The molecule has 1 aromatic carbocycles. The smallest absolute Gasteiger partial charge is 0.255 e. The minimum Gasteiger partial charge on any atom is -0.473 e. The summed E-state index contributed by atoms with van der Waals surface area (Å²) in [7, 11) is 0. The molecule has 0 atom stereocenters. The molecule has 4 aromatic rings. The molecule has 0 bridgehead atoms. The number of fused-ring (bicyclic) bond motifs is 1. The minimum atomic E-state index is -2.70. The summed E-state index contributed by atoms with van der Waals surface area (Å²) in [5.74, 6) is -2.37. The van der Waals surface area contributed by atoms with E-state index in [2.05, 4.69) is 30.7 Å². The van der Waals surface area contributed by atoms with Crippen LogP contribution in [0.1, 0.15) is 35.5 Å². The summed E-state index contributed by atoms with van der Waals surface area (Å²) in [6.07, 6.45) is 0.202. The lowest BCUT2D eigenvalue weighted by molar-refractivity contribution is -0.135. The van der Waals surface area contributed by atoms with Crippen LogP contribution in [-0.2, 0) is 4.79 Å². The molecule has 13 heteroatoms. The largest absolute Gasteiger partial charge is 0.473 e. The quantitative estimate of drug-likeness (QED) is 0.361. The molecular weight excluding hydrogens is 494 g/mol. The summed E-state index contributed by atoms with van der Waals surface area (Å²) in [5, 5.41) is 9.55. The number of thiazole rings is 1. The lowest BCUT2D eigenvalue weighted by atomic mass is 9.91. The molecule has 36 heavy (non-hydrogen) atoms. The number of hydrogen-bond acceptors (Lipinski definition) is 9. The normalized spacial score (nSPS) is 14.9. The van der Waals surface area contributed by atoms with Gasteiger partial charge in [0.2, 0.25) is 23.5 Å². The van der Waals surface area contributed by atoms with Gasteiger partial charge in [0, 0.05) is 50.1 Å². The van der Waals surface area contributed by atoms with Crippen molar-refractivity contribution in [2.75, 3.05) is 11.9 Å². The molecule has 1 saturated carbocycles. The predicted molar refractivity (Wildman–Crippen MR) is 126 cm³/mol. The highest BCUT2D eigenvalue weighted by molar-refractivity contribution is 7.22. The number of benzene rings is 1. The molecule has 0 saturated heterocycles. The Hall–Kier alpha value is -4.00. The first-order valence-electron chi connectivity index (χ1n) is 11.0. The summed E-state index contributed by atoms with van der Waals surface area (Å²) in [4.78, 5) is 37.5. The summed E-state index contributed by atoms with van der Waals surface area (Å²) in [6.45, 7) is 1.78. The molecule has 186 valence electrons. The van der Waals surface area contributed by atoms with Crippen molar-refractivity contribution in [3.63, 3.8) is 0 Å². The van der Waals surface area contributed by atoms with Crippen LogP contribution in [0.5, 0.6) is 5.88 Å². The van der Waals surface area contributed by atoms with E-state index in [4.69, 9.17) is 9.26 Å². The highest BCUT2D eigenvalue weighted by Gasteiger charge is 2.47. The van der Waals surface area contributed by atoms with E-state index in [0.29, 0.717) is 38.2 Å². The van der Waals surface area contributed by atoms with E-state index >= 15 is 0 Å². The van der Waals surface area contributed by atoms with Crippen LogP contribution in [0.2, 0.25) is 0 Å². The third-order valence-corrected chi connectivity index (χ3v) is 6.37. The Morgan fingerprint density at radius 3 is 2.83 bits per heavy atom. The molecule has 0 spiro atoms. The van der Waals surface area contributed by atoms with E-state index in [1.165, 1.54) is 6.20 Å². The molecule has 5 rings (SSSR count). The number of amides is 2. The Morgan fingerprint density at radius 1 is 1.25 bits per heavy atom. The van der Waals surface area contributed by atoms with E-state index in [9.17, 15) is 18.4 Å². The molecule has 0 aliphatic heterocycles. The average molecular weight is 515 g/mol. The fourth-order valence-electron chi connectivity index (χ4n) is 3.61. The van der Waals surface area contributed by atoms with Crippen LogP contribution < -0.4 is 15.4 Å². The first-order chi connectivity index (χ1) is 17.3. The van der Waals surface area contributed by atoms with Gasteiger partial charge in [-0.25, -0.2) is 18.7 Å². The molecule has 10 nitrogen and oxygen atoms in total. The van der Waals surface area contributed by atoms with Crippen LogP contribution in [0.4, 0.5) is 13.9 Å². The third kappa shape index (κ3) is 5.30. The van der Waals surface area contributed by atoms with Gasteiger partial charge < -0.3 is 19.9 Å². The Labute approximate surface area is 207 Å². The number of halogens is 2. The zero-order valence-electron chi connectivity index (χ0n) is 19.0. The molecule has 1 fully saturated rings. The topological polar surface area (TPSA) is 132 Å². The number of carbonyl (C=O) groups is 2. The van der Waals surface area contributed by atoms with Crippen molar-refractivity contribution in [3.05, 3.63) is 48.0 Å². The van der Waals surface area contributed by atoms with Gasteiger partial charge >= 0.3 is 0 Å².